The molecule has 1 saturated heterocycles. The van der Waals surface area contributed by atoms with E-state index in [1.165, 1.54) is 12.5 Å². The molecule has 158 valence electrons. The van der Waals surface area contributed by atoms with Crippen molar-refractivity contribution >= 4 is 11.9 Å². The Bertz CT molecular complexity index is 683. The first-order valence-corrected chi connectivity index (χ1v) is 10.4. The number of aliphatic hydroxyl groups is 2. The summed E-state index contributed by atoms with van der Waals surface area (Å²) in [6, 6.07) is 0. The molecule has 1 aliphatic heterocycles. The monoisotopic (exact) mass is 394 g/mol. The van der Waals surface area contributed by atoms with Crippen molar-refractivity contribution in [3.8, 4) is 0 Å². The highest BCUT2D eigenvalue weighted by Crippen LogP contribution is 2.58. The molecular formula is C22H34O6. The molecule has 28 heavy (non-hydrogen) atoms. The molecule has 0 amide bonds. The van der Waals surface area contributed by atoms with Crippen LogP contribution in [0.1, 0.15) is 66.7 Å². The number of esters is 2. The van der Waals surface area contributed by atoms with E-state index in [1.54, 1.807) is 0 Å². The van der Waals surface area contributed by atoms with Crippen molar-refractivity contribution in [1.82, 2.24) is 0 Å². The smallest absolute Gasteiger partial charge is 0.338 e. The van der Waals surface area contributed by atoms with Crippen LogP contribution in [0, 0.1) is 22.7 Å². The lowest BCUT2D eigenvalue weighted by atomic mass is 9.51. The molecule has 6 unspecified atom stereocenters. The van der Waals surface area contributed by atoms with E-state index in [9.17, 15) is 19.8 Å². The summed E-state index contributed by atoms with van der Waals surface area (Å²) in [5, 5.41) is 21.3. The van der Waals surface area contributed by atoms with Crippen molar-refractivity contribution in [2.45, 2.75) is 84.5 Å². The average Bonchev–Trinajstić information content (AvgIpc) is 2.86. The maximum Gasteiger partial charge on any atom is 0.338 e. The number of hydrogen-bond acceptors (Lipinski definition) is 6. The molecule has 0 spiro atoms. The van der Waals surface area contributed by atoms with Crippen LogP contribution in [0.15, 0.2) is 11.6 Å². The van der Waals surface area contributed by atoms with Crippen molar-refractivity contribution in [1.29, 1.82) is 0 Å². The van der Waals surface area contributed by atoms with Crippen molar-refractivity contribution in [2.24, 2.45) is 22.7 Å². The second-order valence-electron chi connectivity index (χ2n) is 9.93. The van der Waals surface area contributed by atoms with Crippen LogP contribution in [0.25, 0.3) is 0 Å². The van der Waals surface area contributed by atoms with Crippen molar-refractivity contribution < 1.29 is 29.3 Å². The molecule has 1 saturated carbocycles. The zero-order chi connectivity index (χ0) is 20.9. The Balaban J connectivity index is 1.96. The molecule has 6 atom stereocenters. The summed E-state index contributed by atoms with van der Waals surface area (Å²) in [7, 11) is 0. The average molecular weight is 395 g/mol. The van der Waals surface area contributed by atoms with E-state index in [0.717, 1.165) is 25.7 Å². The van der Waals surface area contributed by atoms with Crippen LogP contribution in [0.5, 0.6) is 0 Å². The number of hydrogen-bond donors (Lipinski definition) is 2. The Morgan fingerprint density at radius 3 is 2.64 bits per heavy atom. The van der Waals surface area contributed by atoms with Gasteiger partial charge in [-0.3, -0.25) is 4.79 Å². The minimum atomic E-state index is -1.92. The van der Waals surface area contributed by atoms with Crippen LogP contribution < -0.4 is 0 Å². The molecule has 1 heterocycles. The van der Waals surface area contributed by atoms with Crippen molar-refractivity contribution in [3.05, 3.63) is 11.6 Å². The summed E-state index contributed by atoms with van der Waals surface area (Å²) in [6.07, 6.45) is 4.29. The van der Waals surface area contributed by atoms with Gasteiger partial charge in [0.15, 0.2) is 11.7 Å². The maximum absolute atomic E-state index is 11.8. The third-order valence-corrected chi connectivity index (χ3v) is 7.70. The Hall–Kier alpha value is -1.40. The van der Waals surface area contributed by atoms with Crippen LogP contribution in [0.3, 0.4) is 0 Å². The Labute approximate surface area is 167 Å². The number of carbonyl (C=O) groups is 2. The van der Waals surface area contributed by atoms with Crippen molar-refractivity contribution in [3.63, 3.8) is 0 Å². The highest BCUT2D eigenvalue weighted by atomic mass is 16.6. The third kappa shape index (κ3) is 3.39. The summed E-state index contributed by atoms with van der Waals surface area (Å²) in [6.45, 7) is 9.87. The van der Waals surface area contributed by atoms with Gasteiger partial charge < -0.3 is 19.7 Å². The van der Waals surface area contributed by atoms with E-state index in [-0.39, 0.29) is 17.4 Å². The number of allylic oxidation sites excluding steroid dienone is 2. The SMILES string of the molecule is CC(=O)OC(CC1(C)C(C)CC=C2C1CCCC2(C)C)C1(O)COC(=O)C1O. The van der Waals surface area contributed by atoms with Gasteiger partial charge in [-0.15, -0.1) is 0 Å². The second-order valence-corrected chi connectivity index (χ2v) is 9.93. The topological polar surface area (TPSA) is 93.1 Å². The predicted molar refractivity (Wildman–Crippen MR) is 103 cm³/mol. The lowest BCUT2D eigenvalue weighted by molar-refractivity contribution is -0.184. The molecule has 0 aromatic rings. The molecule has 2 fully saturated rings. The van der Waals surface area contributed by atoms with Gasteiger partial charge in [-0.25, -0.2) is 4.79 Å². The fraction of sp³-hybridized carbons (Fsp3) is 0.818. The predicted octanol–water partition coefficient (Wildman–Crippen LogP) is 2.76. The molecule has 0 radical (unpaired) electrons. The first-order valence-electron chi connectivity index (χ1n) is 10.4. The van der Waals surface area contributed by atoms with Crippen molar-refractivity contribution in [2.75, 3.05) is 6.61 Å². The standard InChI is InChI=1S/C22H34O6/c1-13-8-9-15-16(7-6-10-20(15,3)4)21(13,5)11-17(28-14(2)23)22(26)12-27-19(25)18(22)24/h9,13,16-18,24,26H,6-8,10-12H2,1-5H3. The van der Waals surface area contributed by atoms with E-state index in [1.807, 2.05) is 0 Å². The number of rotatable bonds is 4. The van der Waals surface area contributed by atoms with E-state index in [0.29, 0.717) is 18.3 Å². The van der Waals surface area contributed by atoms with Gasteiger partial charge >= 0.3 is 11.9 Å². The number of ether oxygens (including phenoxy) is 2. The summed E-state index contributed by atoms with van der Waals surface area (Å²) in [4.78, 5) is 23.6. The van der Waals surface area contributed by atoms with E-state index in [2.05, 4.69) is 33.8 Å². The highest BCUT2D eigenvalue weighted by molar-refractivity contribution is 5.78. The molecule has 0 aromatic carbocycles. The fourth-order valence-corrected chi connectivity index (χ4v) is 5.62. The molecule has 6 nitrogen and oxygen atoms in total. The highest BCUT2D eigenvalue weighted by Gasteiger charge is 2.59. The molecule has 3 rings (SSSR count). The number of aliphatic hydroxyl groups excluding tert-OH is 1. The zero-order valence-corrected chi connectivity index (χ0v) is 17.7. The summed E-state index contributed by atoms with van der Waals surface area (Å²) in [5.41, 5.74) is -0.573. The number of carbonyl (C=O) groups excluding carboxylic acids is 2. The van der Waals surface area contributed by atoms with Gasteiger partial charge in [0.2, 0.25) is 0 Å². The summed E-state index contributed by atoms with van der Waals surface area (Å²) in [5.74, 6) is -0.790. The summed E-state index contributed by atoms with van der Waals surface area (Å²) < 4.78 is 10.4. The van der Waals surface area contributed by atoms with E-state index < -0.39 is 29.7 Å². The lowest BCUT2D eigenvalue weighted by Gasteiger charge is -2.54. The van der Waals surface area contributed by atoms with E-state index >= 15 is 0 Å². The molecule has 6 heteroatoms. The quantitative estimate of drug-likeness (QED) is 0.563. The van der Waals surface area contributed by atoms with Gasteiger partial charge in [-0.1, -0.05) is 45.8 Å². The molecule has 0 aromatic heterocycles. The molecule has 0 bridgehead atoms. The minimum Gasteiger partial charge on any atom is -0.460 e. The summed E-state index contributed by atoms with van der Waals surface area (Å²) >= 11 is 0. The van der Waals surface area contributed by atoms with Crippen LogP contribution in [0.2, 0.25) is 0 Å². The molecule has 2 N–H and O–H groups in total. The van der Waals surface area contributed by atoms with Gasteiger partial charge in [0, 0.05) is 6.92 Å². The number of fused-ring (bicyclic) bond motifs is 1. The van der Waals surface area contributed by atoms with Crippen LogP contribution in [-0.4, -0.2) is 46.6 Å². The first kappa shape index (κ1) is 21.3. The largest absolute Gasteiger partial charge is 0.460 e. The minimum absolute atomic E-state index is 0.129. The first-order chi connectivity index (χ1) is 12.9. The van der Waals surface area contributed by atoms with Gasteiger partial charge in [0.25, 0.3) is 0 Å². The number of cyclic esters (lactones) is 1. The molecule has 3 aliphatic rings. The lowest BCUT2D eigenvalue weighted by Crippen LogP contribution is -2.57. The zero-order valence-electron chi connectivity index (χ0n) is 17.7. The fourth-order valence-electron chi connectivity index (χ4n) is 5.62. The van der Waals surface area contributed by atoms with Gasteiger partial charge in [0.05, 0.1) is 0 Å². The third-order valence-electron chi connectivity index (χ3n) is 7.70. The maximum atomic E-state index is 11.8. The van der Waals surface area contributed by atoms with Crippen LogP contribution >= 0.6 is 0 Å². The van der Waals surface area contributed by atoms with E-state index in [4.69, 9.17) is 9.47 Å². The van der Waals surface area contributed by atoms with Crippen LogP contribution in [-0.2, 0) is 19.1 Å². The normalized spacial score (nSPS) is 40.9. The van der Waals surface area contributed by atoms with Gasteiger partial charge in [-0.2, -0.15) is 0 Å². The molecular weight excluding hydrogens is 360 g/mol. The second kappa shape index (κ2) is 7.13. The van der Waals surface area contributed by atoms with Gasteiger partial charge in [-0.05, 0) is 48.3 Å². The van der Waals surface area contributed by atoms with Gasteiger partial charge in [0.1, 0.15) is 12.7 Å². The molecule has 2 aliphatic carbocycles. The Kier molecular flexibility index (Phi) is 5.43. The van der Waals surface area contributed by atoms with Crippen LogP contribution in [0.4, 0.5) is 0 Å². The Morgan fingerprint density at radius 1 is 1.39 bits per heavy atom. The Morgan fingerprint density at radius 2 is 2.07 bits per heavy atom.